The molecule has 3 aromatic carbocycles. The van der Waals surface area contributed by atoms with Crippen molar-refractivity contribution in [1.82, 2.24) is 0 Å². The van der Waals surface area contributed by atoms with Gasteiger partial charge in [0.1, 0.15) is 17.9 Å². The third-order valence-corrected chi connectivity index (χ3v) is 4.20. The topological polar surface area (TPSA) is 65.7 Å². The van der Waals surface area contributed by atoms with Gasteiger partial charge in [0.15, 0.2) is 0 Å². The fourth-order valence-electron chi connectivity index (χ4n) is 2.91. The Kier molecular flexibility index (Phi) is 4.89. The second kappa shape index (κ2) is 7.80. The van der Waals surface area contributed by atoms with E-state index in [1.54, 1.807) is 12.1 Å². The van der Waals surface area contributed by atoms with Gasteiger partial charge in [0.25, 0.3) is 0 Å². The van der Waals surface area contributed by atoms with E-state index < -0.39 is 11.8 Å². The van der Waals surface area contributed by atoms with Crippen LogP contribution < -0.4 is 10.4 Å². The summed E-state index contributed by atoms with van der Waals surface area (Å²) in [7, 11) is 0. The van der Waals surface area contributed by atoms with Crippen LogP contribution in [0.4, 0.5) is 4.79 Å². The molecule has 5 nitrogen and oxygen atoms in total. The van der Waals surface area contributed by atoms with Crippen molar-refractivity contribution in [3.8, 4) is 16.9 Å². The summed E-state index contributed by atoms with van der Waals surface area (Å²) in [4.78, 5) is 23.9. The van der Waals surface area contributed by atoms with Crippen LogP contribution in [0, 0.1) is 0 Å². The minimum absolute atomic E-state index is 0.112. The van der Waals surface area contributed by atoms with E-state index >= 15 is 0 Å². The molecular formula is C23H16O5. The van der Waals surface area contributed by atoms with Crippen LogP contribution in [0.3, 0.4) is 0 Å². The first-order valence-corrected chi connectivity index (χ1v) is 8.71. The van der Waals surface area contributed by atoms with Gasteiger partial charge in [-0.3, -0.25) is 0 Å². The van der Waals surface area contributed by atoms with E-state index in [1.807, 2.05) is 60.7 Å². The molecule has 0 N–H and O–H groups in total. The fourth-order valence-corrected chi connectivity index (χ4v) is 2.91. The molecule has 28 heavy (non-hydrogen) atoms. The van der Waals surface area contributed by atoms with Crippen molar-refractivity contribution < 1.29 is 18.7 Å². The number of rotatable bonds is 4. The third kappa shape index (κ3) is 3.94. The second-order valence-corrected chi connectivity index (χ2v) is 6.13. The zero-order chi connectivity index (χ0) is 19.3. The largest absolute Gasteiger partial charge is 0.514 e. The molecule has 0 aliphatic rings. The van der Waals surface area contributed by atoms with Gasteiger partial charge in [0.2, 0.25) is 0 Å². The van der Waals surface area contributed by atoms with Crippen molar-refractivity contribution in [2.75, 3.05) is 0 Å². The van der Waals surface area contributed by atoms with Gasteiger partial charge in [-0.25, -0.2) is 9.59 Å². The lowest BCUT2D eigenvalue weighted by Gasteiger charge is -2.08. The molecule has 0 fully saturated rings. The Hall–Kier alpha value is -3.86. The van der Waals surface area contributed by atoms with E-state index in [4.69, 9.17) is 13.9 Å². The number of carbonyl (C=O) groups excluding carboxylic acids is 1. The molecule has 0 unspecified atom stereocenters. The number of fused-ring (bicyclic) bond motifs is 1. The molecule has 0 aliphatic heterocycles. The van der Waals surface area contributed by atoms with E-state index in [0.29, 0.717) is 5.58 Å². The smallest absolute Gasteiger partial charge is 0.429 e. The zero-order valence-corrected chi connectivity index (χ0v) is 14.8. The Labute approximate surface area is 160 Å². The molecule has 4 rings (SSSR count). The lowest BCUT2D eigenvalue weighted by molar-refractivity contribution is 0.0928. The highest BCUT2D eigenvalue weighted by atomic mass is 16.7. The quantitative estimate of drug-likeness (QED) is 0.281. The van der Waals surface area contributed by atoms with Crippen LogP contribution in [-0.4, -0.2) is 6.16 Å². The van der Waals surface area contributed by atoms with Gasteiger partial charge in [0.05, 0.1) is 0 Å². The summed E-state index contributed by atoms with van der Waals surface area (Å²) in [5.74, 6) is 0.235. The highest BCUT2D eigenvalue weighted by molar-refractivity contribution is 5.93. The molecule has 1 aromatic heterocycles. The van der Waals surface area contributed by atoms with Crippen LogP contribution in [0.5, 0.6) is 5.75 Å². The Morgan fingerprint density at radius 1 is 0.857 bits per heavy atom. The molecule has 0 spiro atoms. The van der Waals surface area contributed by atoms with Crippen LogP contribution in [0.15, 0.2) is 94.1 Å². The predicted molar refractivity (Wildman–Crippen MR) is 105 cm³/mol. The molecule has 4 aromatic rings. The lowest BCUT2D eigenvalue weighted by Crippen LogP contribution is -2.10. The Morgan fingerprint density at radius 3 is 2.32 bits per heavy atom. The van der Waals surface area contributed by atoms with Crippen molar-refractivity contribution in [3.05, 3.63) is 101 Å². The standard InChI is InChI=1S/C23H16O5/c24-22-14-20(17-9-5-2-6-10-17)19-12-11-18(13-21(19)28-22)27-23(25)26-15-16-7-3-1-4-8-16/h1-14H,15H2. The van der Waals surface area contributed by atoms with Gasteiger partial charge in [0, 0.05) is 17.5 Å². The van der Waals surface area contributed by atoms with Gasteiger partial charge in [-0.05, 0) is 28.8 Å². The summed E-state index contributed by atoms with van der Waals surface area (Å²) >= 11 is 0. The summed E-state index contributed by atoms with van der Waals surface area (Å²) in [6.45, 7) is 0.112. The molecule has 5 heteroatoms. The molecule has 0 aliphatic carbocycles. The molecule has 0 saturated carbocycles. The van der Waals surface area contributed by atoms with E-state index in [-0.39, 0.29) is 12.4 Å². The normalized spacial score (nSPS) is 10.6. The molecule has 1 heterocycles. The van der Waals surface area contributed by atoms with E-state index in [1.165, 1.54) is 12.1 Å². The van der Waals surface area contributed by atoms with Crippen molar-refractivity contribution in [2.24, 2.45) is 0 Å². The molecule has 0 saturated heterocycles. The van der Waals surface area contributed by atoms with Gasteiger partial charge in [-0.2, -0.15) is 0 Å². The molecule has 0 atom stereocenters. The molecular weight excluding hydrogens is 356 g/mol. The Morgan fingerprint density at radius 2 is 1.57 bits per heavy atom. The van der Waals surface area contributed by atoms with Gasteiger partial charge in [-0.1, -0.05) is 60.7 Å². The van der Waals surface area contributed by atoms with Crippen molar-refractivity contribution in [3.63, 3.8) is 0 Å². The Balaban J connectivity index is 1.56. The summed E-state index contributed by atoms with van der Waals surface area (Å²) in [6.07, 6.45) is -0.829. The minimum Gasteiger partial charge on any atom is -0.429 e. The maximum atomic E-state index is 12.0. The number of carbonyl (C=O) groups is 1. The SMILES string of the molecule is O=C(OCc1ccccc1)Oc1ccc2c(-c3ccccc3)cc(=O)oc2c1. The number of hydrogen-bond donors (Lipinski definition) is 0. The summed E-state index contributed by atoms with van der Waals surface area (Å²) in [5.41, 5.74) is 2.37. The maximum Gasteiger partial charge on any atom is 0.514 e. The number of ether oxygens (including phenoxy) is 2. The lowest BCUT2D eigenvalue weighted by atomic mass is 10.0. The summed E-state index contributed by atoms with van der Waals surface area (Å²) in [6, 6.07) is 25.2. The highest BCUT2D eigenvalue weighted by Crippen LogP contribution is 2.29. The fraction of sp³-hybridized carbons (Fsp3) is 0.0435. The van der Waals surface area contributed by atoms with E-state index in [0.717, 1.165) is 22.1 Å². The molecule has 0 amide bonds. The first-order valence-electron chi connectivity index (χ1n) is 8.71. The summed E-state index contributed by atoms with van der Waals surface area (Å²) < 4.78 is 15.6. The van der Waals surface area contributed by atoms with Crippen molar-refractivity contribution in [1.29, 1.82) is 0 Å². The maximum absolute atomic E-state index is 12.0. The monoisotopic (exact) mass is 372 g/mol. The van der Waals surface area contributed by atoms with Crippen LogP contribution in [0.1, 0.15) is 5.56 Å². The number of benzene rings is 3. The Bertz CT molecular complexity index is 1160. The van der Waals surface area contributed by atoms with Crippen molar-refractivity contribution in [2.45, 2.75) is 6.61 Å². The van der Waals surface area contributed by atoms with Gasteiger partial charge in [-0.15, -0.1) is 0 Å². The second-order valence-electron chi connectivity index (χ2n) is 6.13. The van der Waals surface area contributed by atoms with E-state index in [9.17, 15) is 9.59 Å². The predicted octanol–water partition coefficient (Wildman–Crippen LogP) is 5.18. The third-order valence-electron chi connectivity index (χ3n) is 4.20. The van der Waals surface area contributed by atoms with Crippen LogP contribution in [-0.2, 0) is 11.3 Å². The molecule has 138 valence electrons. The van der Waals surface area contributed by atoms with Gasteiger partial charge < -0.3 is 13.9 Å². The summed E-state index contributed by atoms with van der Waals surface area (Å²) in [5, 5.41) is 0.746. The first-order chi connectivity index (χ1) is 13.7. The van der Waals surface area contributed by atoms with E-state index in [2.05, 4.69) is 0 Å². The average Bonchev–Trinajstić information content (AvgIpc) is 2.73. The molecule has 0 bridgehead atoms. The number of hydrogen-bond acceptors (Lipinski definition) is 5. The zero-order valence-electron chi connectivity index (χ0n) is 14.8. The van der Waals surface area contributed by atoms with Crippen LogP contribution in [0.2, 0.25) is 0 Å². The van der Waals surface area contributed by atoms with Crippen LogP contribution in [0.25, 0.3) is 22.1 Å². The minimum atomic E-state index is -0.829. The average molecular weight is 372 g/mol. The van der Waals surface area contributed by atoms with Crippen LogP contribution >= 0.6 is 0 Å². The molecule has 0 radical (unpaired) electrons. The first kappa shape index (κ1) is 17.5. The van der Waals surface area contributed by atoms with Crippen molar-refractivity contribution >= 4 is 17.1 Å². The van der Waals surface area contributed by atoms with Gasteiger partial charge >= 0.3 is 11.8 Å². The highest BCUT2D eigenvalue weighted by Gasteiger charge is 2.11.